The Balaban J connectivity index is 1.58. The van der Waals surface area contributed by atoms with Crippen molar-refractivity contribution in [2.24, 2.45) is 0 Å². The molecule has 30 heavy (non-hydrogen) atoms. The lowest BCUT2D eigenvalue weighted by atomic mass is 10.2. The van der Waals surface area contributed by atoms with Gasteiger partial charge in [0.25, 0.3) is 0 Å². The predicted molar refractivity (Wildman–Crippen MR) is 129 cm³/mol. The summed E-state index contributed by atoms with van der Waals surface area (Å²) in [7, 11) is 1.67. The second kappa shape index (κ2) is 9.96. The predicted octanol–water partition coefficient (Wildman–Crippen LogP) is 6.41. The minimum absolute atomic E-state index is 0.516. The number of methoxy groups -OCH3 is 1. The number of aromatic nitrogens is 1. The summed E-state index contributed by atoms with van der Waals surface area (Å²) in [5.74, 6) is 0.853. The summed E-state index contributed by atoms with van der Waals surface area (Å²) in [6.07, 6.45) is 0. The Morgan fingerprint density at radius 3 is 2.10 bits per heavy atom. The molecule has 0 aliphatic heterocycles. The van der Waals surface area contributed by atoms with Crippen molar-refractivity contribution in [1.82, 2.24) is 4.57 Å². The SMILES string of the molecule is COCCOCCOc1cccc(Cn2c3cc(Br)ccc3c3ccc(Br)cc32)c1. The molecule has 0 radical (unpaired) electrons. The smallest absolute Gasteiger partial charge is 0.119 e. The number of rotatable bonds is 9. The van der Waals surface area contributed by atoms with Gasteiger partial charge in [-0.2, -0.15) is 0 Å². The molecule has 4 rings (SSSR count). The third-order valence-corrected chi connectivity index (χ3v) is 5.95. The first-order valence-corrected chi connectivity index (χ1v) is 11.4. The highest BCUT2D eigenvalue weighted by atomic mass is 79.9. The van der Waals surface area contributed by atoms with Crippen molar-refractivity contribution in [3.05, 3.63) is 75.2 Å². The molecule has 156 valence electrons. The maximum atomic E-state index is 5.87. The lowest BCUT2D eigenvalue weighted by molar-refractivity contribution is 0.0544. The molecule has 6 heteroatoms. The quantitative estimate of drug-likeness (QED) is 0.233. The van der Waals surface area contributed by atoms with Crippen LogP contribution >= 0.6 is 31.9 Å². The maximum absolute atomic E-state index is 5.87. The molecule has 0 bridgehead atoms. The Kier molecular flexibility index (Phi) is 7.10. The summed E-state index contributed by atoms with van der Waals surface area (Å²) in [5, 5.41) is 2.50. The summed E-state index contributed by atoms with van der Waals surface area (Å²) in [6, 6.07) is 21.2. The minimum atomic E-state index is 0.516. The summed E-state index contributed by atoms with van der Waals surface area (Å²) in [5.41, 5.74) is 3.59. The fourth-order valence-corrected chi connectivity index (χ4v) is 4.29. The van der Waals surface area contributed by atoms with E-state index in [1.807, 2.05) is 12.1 Å². The molecule has 0 aliphatic rings. The van der Waals surface area contributed by atoms with Crippen LogP contribution in [0.2, 0.25) is 0 Å². The maximum Gasteiger partial charge on any atom is 0.119 e. The van der Waals surface area contributed by atoms with Gasteiger partial charge in [-0.1, -0.05) is 56.1 Å². The van der Waals surface area contributed by atoms with Crippen LogP contribution in [-0.2, 0) is 16.0 Å². The van der Waals surface area contributed by atoms with E-state index >= 15 is 0 Å². The van der Waals surface area contributed by atoms with E-state index in [1.165, 1.54) is 27.4 Å². The first-order valence-electron chi connectivity index (χ1n) is 9.81. The van der Waals surface area contributed by atoms with Gasteiger partial charge in [-0.3, -0.25) is 0 Å². The fourth-order valence-electron chi connectivity index (χ4n) is 3.59. The Hall–Kier alpha value is -1.86. The lowest BCUT2D eigenvalue weighted by Crippen LogP contribution is -2.10. The number of hydrogen-bond donors (Lipinski definition) is 0. The van der Waals surface area contributed by atoms with Gasteiger partial charge >= 0.3 is 0 Å². The van der Waals surface area contributed by atoms with Crippen molar-refractivity contribution in [1.29, 1.82) is 0 Å². The largest absolute Gasteiger partial charge is 0.491 e. The van der Waals surface area contributed by atoms with E-state index < -0.39 is 0 Å². The van der Waals surface area contributed by atoms with E-state index in [0.29, 0.717) is 26.4 Å². The molecule has 0 saturated heterocycles. The molecule has 0 atom stereocenters. The van der Waals surface area contributed by atoms with Crippen molar-refractivity contribution in [3.63, 3.8) is 0 Å². The van der Waals surface area contributed by atoms with E-state index in [9.17, 15) is 0 Å². The Labute approximate surface area is 193 Å². The van der Waals surface area contributed by atoms with Crippen LogP contribution in [0.1, 0.15) is 5.56 Å². The molecule has 0 fully saturated rings. The average molecular weight is 533 g/mol. The van der Waals surface area contributed by atoms with Crippen molar-refractivity contribution >= 4 is 53.7 Å². The van der Waals surface area contributed by atoms with Gasteiger partial charge in [0.15, 0.2) is 0 Å². The van der Waals surface area contributed by atoms with Crippen molar-refractivity contribution in [3.8, 4) is 5.75 Å². The first-order chi connectivity index (χ1) is 14.7. The second-order valence-electron chi connectivity index (χ2n) is 7.01. The molecular formula is C24H23Br2NO3. The van der Waals surface area contributed by atoms with Crippen molar-refractivity contribution in [2.75, 3.05) is 33.5 Å². The van der Waals surface area contributed by atoms with Gasteiger partial charge in [0.05, 0.1) is 30.9 Å². The summed E-state index contributed by atoms with van der Waals surface area (Å²) < 4.78 is 20.8. The zero-order valence-corrected chi connectivity index (χ0v) is 19.9. The van der Waals surface area contributed by atoms with Crippen LogP contribution < -0.4 is 4.74 Å². The van der Waals surface area contributed by atoms with Crippen LogP contribution in [0.5, 0.6) is 5.75 Å². The van der Waals surface area contributed by atoms with E-state index in [2.05, 4.69) is 85.0 Å². The van der Waals surface area contributed by atoms with Gasteiger partial charge in [-0.15, -0.1) is 0 Å². The molecule has 0 aliphatic carbocycles. The number of benzene rings is 3. The van der Waals surface area contributed by atoms with Gasteiger partial charge < -0.3 is 18.8 Å². The van der Waals surface area contributed by atoms with Gasteiger partial charge in [-0.25, -0.2) is 0 Å². The highest BCUT2D eigenvalue weighted by Gasteiger charge is 2.12. The van der Waals surface area contributed by atoms with Crippen molar-refractivity contribution in [2.45, 2.75) is 6.54 Å². The third-order valence-electron chi connectivity index (χ3n) is 4.96. The van der Waals surface area contributed by atoms with Crippen LogP contribution in [0.4, 0.5) is 0 Å². The Bertz CT molecular complexity index is 1100. The number of halogens is 2. The molecule has 1 aromatic heterocycles. The number of fused-ring (bicyclic) bond motifs is 3. The van der Waals surface area contributed by atoms with Crippen LogP contribution in [-0.4, -0.2) is 38.1 Å². The van der Waals surface area contributed by atoms with Crippen LogP contribution in [0, 0.1) is 0 Å². The first kappa shape index (κ1) is 21.4. The summed E-state index contributed by atoms with van der Waals surface area (Å²) in [4.78, 5) is 0. The third kappa shape index (κ3) is 4.89. The van der Waals surface area contributed by atoms with Crippen LogP contribution in [0.15, 0.2) is 69.6 Å². The van der Waals surface area contributed by atoms with E-state index in [1.54, 1.807) is 7.11 Å². The molecule has 0 N–H and O–H groups in total. The molecule has 4 nitrogen and oxygen atoms in total. The second-order valence-corrected chi connectivity index (χ2v) is 8.84. The Morgan fingerprint density at radius 1 is 0.767 bits per heavy atom. The van der Waals surface area contributed by atoms with Gasteiger partial charge in [0, 0.05) is 33.4 Å². The molecule has 0 amide bonds. The standard InChI is InChI=1S/C24H23Br2NO3/c1-28-9-10-29-11-12-30-20-4-2-3-17(13-20)16-27-23-14-18(25)5-7-21(23)22-8-6-19(26)15-24(22)27/h2-8,13-15H,9-12,16H2,1H3. The molecule has 0 spiro atoms. The van der Waals surface area contributed by atoms with E-state index in [-0.39, 0.29) is 0 Å². The number of nitrogens with zero attached hydrogens (tertiary/aromatic N) is 1. The molecular weight excluding hydrogens is 510 g/mol. The number of hydrogen-bond acceptors (Lipinski definition) is 3. The van der Waals surface area contributed by atoms with Crippen LogP contribution in [0.25, 0.3) is 21.8 Å². The van der Waals surface area contributed by atoms with E-state index in [0.717, 1.165) is 21.2 Å². The summed E-state index contributed by atoms with van der Waals surface area (Å²) >= 11 is 7.25. The monoisotopic (exact) mass is 531 g/mol. The summed E-state index contributed by atoms with van der Waals surface area (Å²) in [6.45, 7) is 3.00. The lowest BCUT2D eigenvalue weighted by Gasteiger charge is -2.11. The average Bonchev–Trinajstić information content (AvgIpc) is 3.03. The molecule has 0 unspecified atom stereocenters. The van der Waals surface area contributed by atoms with Gasteiger partial charge in [-0.05, 0) is 42.0 Å². The molecule has 3 aromatic carbocycles. The Morgan fingerprint density at radius 2 is 1.43 bits per heavy atom. The molecule has 1 heterocycles. The van der Waals surface area contributed by atoms with Gasteiger partial charge in [0.2, 0.25) is 0 Å². The van der Waals surface area contributed by atoms with Crippen molar-refractivity contribution < 1.29 is 14.2 Å². The fraction of sp³-hybridized carbons (Fsp3) is 0.250. The molecule has 0 saturated carbocycles. The van der Waals surface area contributed by atoms with E-state index in [4.69, 9.17) is 14.2 Å². The minimum Gasteiger partial charge on any atom is -0.491 e. The zero-order valence-electron chi connectivity index (χ0n) is 16.7. The highest BCUT2D eigenvalue weighted by Crippen LogP contribution is 2.33. The van der Waals surface area contributed by atoms with Gasteiger partial charge in [0.1, 0.15) is 12.4 Å². The topological polar surface area (TPSA) is 32.6 Å². The number of ether oxygens (including phenoxy) is 3. The highest BCUT2D eigenvalue weighted by molar-refractivity contribution is 9.10. The normalized spacial score (nSPS) is 11.4. The van der Waals surface area contributed by atoms with Crippen LogP contribution in [0.3, 0.4) is 0 Å². The molecule has 4 aromatic rings. The zero-order chi connectivity index (χ0) is 20.9.